The fraction of sp³-hybridized carbons (Fsp3) is 0.450. The van der Waals surface area contributed by atoms with Gasteiger partial charge in [0.1, 0.15) is 23.6 Å². The van der Waals surface area contributed by atoms with Gasteiger partial charge in [-0.1, -0.05) is 0 Å². The van der Waals surface area contributed by atoms with Gasteiger partial charge in [0.05, 0.1) is 36.0 Å². The molecule has 1 N–H and O–H groups in total. The number of amides is 1. The Morgan fingerprint density at radius 1 is 1.40 bits per heavy atom. The zero-order valence-electron chi connectivity index (χ0n) is 16.5. The Morgan fingerprint density at radius 2 is 2.23 bits per heavy atom. The second kappa shape index (κ2) is 8.02. The third kappa shape index (κ3) is 3.54. The quantitative estimate of drug-likeness (QED) is 0.595. The van der Waals surface area contributed by atoms with Crippen LogP contribution in [0.5, 0.6) is 11.5 Å². The van der Waals surface area contributed by atoms with E-state index >= 15 is 0 Å². The summed E-state index contributed by atoms with van der Waals surface area (Å²) in [4.78, 5) is 35.2. The Labute approximate surface area is 172 Å². The van der Waals surface area contributed by atoms with Crippen molar-refractivity contribution in [1.82, 2.24) is 14.9 Å². The van der Waals surface area contributed by atoms with Crippen molar-refractivity contribution in [3.63, 3.8) is 0 Å². The highest BCUT2D eigenvalue weighted by atomic mass is 16.5. The number of aromatic nitrogens is 2. The minimum atomic E-state index is -1.03. The van der Waals surface area contributed by atoms with Crippen LogP contribution in [-0.4, -0.2) is 64.3 Å². The van der Waals surface area contributed by atoms with Gasteiger partial charge >= 0.3 is 12.1 Å². The molecule has 1 atom stereocenters. The molecule has 0 unspecified atom stereocenters. The molecule has 0 radical (unpaired) electrons. The Bertz CT molecular complexity index is 1050. The van der Waals surface area contributed by atoms with Gasteiger partial charge in [-0.2, -0.15) is 5.26 Å². The molecule has 10 nitrogen and oxygen atoms in total. The van der Waals surface area contributed by atoms with Gasteiger partial charge in [-0.25, -0.2) is 14.8 Å². The van der Waals surface area contributed by atoms with E-state index in [1.54, 1.807) is 6.07 Å². The molecule has 156 valence electrons. The SMILES string of the molecule is CC(=O)Oc1cc2ncnc(N3CCN(C(=O)O)[C@@H](CC#N)C3)c2c2c1CCCO2. The second-order valence-electron chi connectivity index (χ2n) is 7.26. The molecule has 10 heteroatoms. The molecular formula is C20H21N5O5. The summed E-state index contributed by atoms with van der Waals surface area (Å²) in [5.74, 6) is 1.25. The number of hydrogen-bond donors (Lipinski definition) is 1. The van der Waals surface area contributed by atoms with Crippen LogP contribution in [-0.2, 0) is 11.2 Å². The Hall–Kier alpha value is -3.61. The highest BCUT2D eigenvalue weighted by Crippen LogP contribution is 2.43. The van der Waals surface area contributed by atoms with Crippen molar-refractivity contribution in [2.75, 3.05) is 31.1 Å². The summed E-state index contributed by atoms with van der Waals surface area (Å²) in [5.41, 5.74) is 1.38. The summed E-state index contributed by atoms with van der Waals surface area (Å²) < 4.78 is 11.4. The van der Waals surface area contributed by atoms with Crippen molar-refractivity contribution in [2.45, 2.75) is 32.2 Å². The summed E-state index contributed by atoms with van der Waals surface area (Å²) >= 11 is 0. The molecule has 0 aliphatic carbocycles. The second-order valence-corrected chi connectivity index (χ2v) is 7.26. The molecule has 4 rings (SSSR count). The summed E-state index contributed by atoms with van der Waals surface area (Å²) in [6, 6.07) is 3.33. The molecule has 2 aromatic rings. The molecule has 3 heterocycles. The number of ether oxygens (including phenoxy) is 2. The van der Waals surface area contributed by atoms with E-state index in [9.17, 15) is 14.7 Å². The number of carbonyl (C=O) groups excluding carboxylic acids is 1. The van der Waals surface area contributed by atoms with E-state index in [2.05, 4.69) is 16.0 Å². The average molecular weight is 411 g/mol. The lowest BCUT2D eigenvalue weighted by Gasteiger charge is -2.40. The lowest BCUT2D eigenvalue weighted by atomic mass is 10.0. The van der Waals surface area contributed by atoms with Crippen LogP contribution in [0.4, 0.5) is 10.6 Å². The maximum Gasteiger partial charge on any atom is 0.407 e. The number of carbonyl (C=O) groups is 2. The van der Waals surface area contributed by atoms with Crippen molar-refractivity contribution in [3.05, 3.63) is 18.0 Å². The van der Waals surface area contributed by atoms with E-state index < -0.39 is 18.1 Å². The van der Waals surface area contributed by atoms with E-state index in [1.807, 2.05) is 4.90 Å². The molecule has 0 spiro atoms. The third-order valence-electron chi connectivity index (χ3n) is 5.35. The molecule has 1 fully saturated rings. The Kier molecular flexibility index (Phi) is 5.27. The molecule has 0 bridgehead atoms. The molecule has 1 aromatic carbocycles. The predicted molar refractivity (Wildman–Crippen MR) is 106 cm³/mol. The maximum atomic E-state index is 11.5. The molecule has 2 aliphatic rings. The normalized spacial score (nSPS) is 18.3. The van der Waals surface area contributed by atoms with Crippen LogP contribution in [0.25, 0.3) is 10.9 Å². The molecule has 2 aliphatic heterocycles. The summed E-state index contributed by atoms with van der Waals surface area (Å²) in [5, 5.41) is 19.3. The van der Waals surface area contributed by atoms with Crippen molar-refractivity contribution < 1.29 is 24.2 Å². The van der Waals surface area contributed by atoms with Crippen LogP contribution in [0.1, 0.15) is 25.3 Å². The van der Waals surface area contributed by atoms with Crippen molar-refractivity contribution in [1.29, 1.82) is 5.26 Å². The molecule has 30 heavy (non-hydrogen) atoms. The first-order valence-corrected chi connectivity index (χ1v) is 9.73. The lowest BCUT2D eigenvalue weighted by Crippen LogP contribution is -2.55. The first-order chi connectivity index (χ1) is 14.5. The van der Waals surface area contributed by atoms with Gasteiger partial charge in [-0.3, -0.25) is 4.79 Å². The number of piperazine rings is 1. The Morgan fingerprint density at radius 3 is 2.97 bits per heavy atom. The van der Waals surface area contributed by atoms with Crippen LogP contribution in [0.15, 0.2) is 12.4 Å². The zero-order chi connectivity index (χ0) is 21.3. The average Bonchev–Trinajstić information content (AvgIpc) is 2.73. The van der Waals surface area contributed by atoms with Gasteiger partial charge in [0.15, 0.2) is 0 Å². The van der Waals surface area contributed by atoms with Gasteiger partial charge in [0.2, 0.25) is 0 Å². The number of hydrogen-bond acceptors (Lipinski definition) is 8. The van der Waals surface area contributed by atoms with E-state index in [-0.39, 0.29) is 13.0 Å². The predicted octanol–water partition coefficient (Wildman–Crippen LogP) is 1.96. The molecule has 1 saturated heterocycles. The number of fused-ring (bicyclic) bond motifs is 3. The van der Waals surface area contributed by atoms with Crippen LogP contribution in [0, 0.1) is 11.3 Å². The highest BCUT2D eigenvalue weighted by molar-refractivity contribution is 5.98. The number of rotatable bonds is 3. The smallest absolute Gasteiger partial charge is 0.407 e. The Balaban J connectivity index is 1.79. The maximum absolute atomic E-state index is 11.5. The fourth-order valence-corrected chi connectivity index (χ4v) is 4.08. The summed E-state index contributed by atoms with van der Waals surface area (Å²) in [6.45, 7) is 2.92. The van der Waals surface area contributed by atoms with Gasteiger partial charge < -0.3 is 24.4 Å². The van der Waals surface area contributed by atoms with Crippen LogP contribution in [0.2, 0.25) is 0 Å². The van der Waals surface area contributed by atoms with E-state index in [0.717, 1.165) is 12.0 Å². The first-order valence-electron chi connectivity index (χ1n) is 9.73. The molecule has 1 aromatic heterocycles. The topological polar surface area (TPSA) is 129 Å². The number of nitrogens with zero attached hydrogens (tertiary/aromatic N) is 5. The van der Waals surface area contributed by atoms with Crippen molar-refractivity contribution in [2.24, 2.45) is 0 Å². The summed E-state index contributed by atoms with van der Waals surface area (Å²) in [6.07, 6.45) is 1.99. The number of benzene rings is 1. The van der Waals surface area contributed by atoms with Crippen LogP contribution >= 0.6 is 0 Å². The molecular weight excluding hydrogens is 390 g/mol. The number of anilines is 1. The number of esters is 1. The monoisotopic (exact) mass is 411 g/mol. The van der Waals surface area contributed by atoms with Crippen LogP contribution < -0.4 is 14.4 Å². The van der Waals surface area contributed by atoms with Crippen molar-refractivity contribution >= 4 is 28.8 Å². The zero-order valence-corrected chi connectivity index (χ0v) is 16.5. The van der Waals surface area contributed by atoms with Gasteiger partial charge in [-0.15, -0.1) is 0 Å². The van der Waals surface area contributed by atoms with Crippen molar-refractivity contribution in [3.8, 4) is 17.6 Å². The summed E-state index contributed by atoms with van der Waals surface area (Å²) in [7, 11) is 0. The number of carboxylic acid groups (broad SMARTS) is 1. The van der Waals surface area contributed by atoms with Gasteiger partial charge in [-0.05, 0) is 12.8 Å². The standard InChI is InChI=1S/C20H21N5O5/c1-12(26)30-16-9-15-17(18-14(16)3-2-8-29-18)19(23-11-22-15)24-6-7-25(20(27)28)13(10-24)4-5-21/h9,11,13H,2-4,6-8,10H2,1H3,(H,27,28)/t13-/m0/s1. The van der Waals surface area contributed by atoms with E-state index in [0.29, 0.717) is 54.3 Å². The van der Waals surface area contributed by atoms with Crippen LogP contribution in [0.3, 0.4) is 0 Å². The number of nitriles is 1. The molecule has 0 saturated carbocycles. The fourth-order valence-electron chi connectivity index (χ4n) is 4.08. The highest BCUT2D eigenvalue weighted by Gasteiger charge is 2.33. The largest absolute Gasteiger partial charge is 0.492 e. The lowest BCUT2D eigenvalue weighted by molar-refractivity contribution is -0.131. The molecule has 1 amide bonds. The van der Waals surface area contributed by atoms with Gasteiger partial charge in [0.25, 0.3) is 0 Å². The minimum Gasteiger partial charge on any atom is -0.492 e. The van der Waals surface area contributed by atoms with Gasteiger partial charge in [0, 0.05) is 38.2 Å². The minimum absolute atomic E-state index is 0.0943. The third-order valence-corrected chi connectivity index (χ3v) is 5.35. The van der Waals surface area contributed by atoms with E-state index in [4.69, 9.17) is 14.7 Å². The van der Waals surface area contributed by atoms with E-state index in [1.165, 1.54) is 18.2 Å². The first kappa shape index (κ1) is 19.7.